The molecule has 0 bridgehead atoms. The van der Waals surface area contributed by atoms with Crippen LogP contribution in [0.3, 0.4) is 0 Å². The number of ether oxygens (including phenoxy) is 3. The number of halogens is 1. The second-order valence-corrected chi connectivity index (χ2v) is 11.1. The van der Waals surface area contributed by atoms with E-state index in [1.165, 1.54) is 6.07 Å². The van der Waals surface area contributed by atoms with Crippen LogP contribution in [-0.2, 0) is 20.7 Å². The summed E-state index contributed by atoms with van der Waals surface area (Å²) in [5, 5.41) is 14.2. The molecule has 1 aromatic carbocycles. The molecule has 0 unspecified atom stereocenters. The first-order chi connectivity index (χ1) is 17.6. The molecule has 1 fully saturated rings. The molecule has 1 aliphatic rings. The van der Waals surface area contributed by atoms with E-state index in [1.807, 2.05) is 13.8 Å². The first kappa shape index (κ1) is 31.5. The summed E-state index contributed by atoms with van der Waals surface area (Å²) in [6, 6.07) is 4.65. The van der Waals surface area contributed by atoms with E-state index >= 15 is 0 Å². The minimum Gasteiger partial charge on any atom is -0.490 e. The van der Waals surface area contributed by atoms with Crippen molar-refractivity contribution in [3.8, 4) is 5.75 Å². The number of nitrogens with two attached hydrogens (primary N) is 1. The third kappa shape index (κ3) is 10.9. The Kier molecular flexibility index (Phi) is 13.8. The number of aliphatic hydroxyl groups excluding tert-OH is 1. The van der Waals surface area contributed by atoms with Crippen molar-refractivity contribution in [1.82, 2.24) is 5.32 Å². The molecule has 1 aromatic rings. The molecule has 4 atom stereocenters. The highest BCUT2D eigenvalue weighted by Gasteiger charge is 2.31. The van der Waals surface area contributed by atoms with Crippen LogP contribution in [0.5, 0.6) is 5.75 Å². The number of rotatable bonds is 16. The predicted octanol–water partition coefficient (Wildman–Crippen LogP) is 4.09. The van der Waals surface area contributed by atoms with E-state index in [0.29, 0.717) is 58.0 Å². The van der Waals surface area contributed by atoms with Crippen molar-refractivity contribution in [2.75, 3.05) is 33.5 Å². The van der Waals surface area contributed by atoms with Gasteiger partial charge in [0.1, 0.15) is 0 Å². The van der Waals surface area contributed by atoms with Gasteiger partial charge < -0.3 is 30.4 Å². The topological polar surface area (TPSA) is 103 Å². The Hall–Kier alpha value is -1.74. The van der Waals surface area contributed by atoms with Crippen LogP contribution in [0.15, 0.2) is 18.2 Å². The van der Waals surface area contributed by atoms with E-state index < -0.39 is 12.1 Å². The maximum absolute atomic E-state index is 14.2. The molecule has 2 rings (SSSR count). The van der Waals surface area contributed by atoms with Gasteiger partial charge in [-0.15, -0.1) is 0 Å². The van der Waals surface area contributed by atoms with E-state index in [0.717, 1.165) is 18.4 Å². The Balaban J connectivity index is 1.97. The smallest absolute Gasteiger partial charge is 0.223 e. The highest BCUT2D eigenvalue weighted by molar-refractivity contribution is 5.79. The number of nitrogens with one attached hydrogen (secondary N) is 1. The predicted molar refractivity (Wildman–Crippen MR) is 144 cm³/mol. The number of methoxy groups -OCH3 is 1. The minimum absolute atomic E-state index is 0.0158. The third-order valence-electron chi connectivity index (χ3n) is 7.46. The molecule has 1 heterocycles. The van der Waals surface area contributed by atoms with Gasteiger partial charge in [-0.3, -0.25) is 4.79 Å². The number of aliphatic hydroxyl groups is 1. The molecule has 0 aromatic heterocycles. The zero-order valence-electron chi connectivity index (χ0n) is 23.4. The van der Waals surface area contributed by atoms with Crippen LogP contribution in [0.4, 0.5) is 4.39 Å². The van der Waals surface area contributed by atoms with E-state index in [2.05, 4.69) is 19.2 Å². The first-order valence-electron chi connectivity index (χ1n) is 13.8. The van der Waals surface area contributed by atoms with Crippen molar-refractivity contribution in [3.05, 3.63) is 29.6 Å². The molecule has 1 aliphatic heterocycles. The van der Waals surface area contributed by atoms with Crippen molar-refractivity contribution in [3.63, 3.8) is 0 Å². The van der Waals surface area contributed by atoms with Crippen LogP contribution >= 0.6 is 0 Å². The number of carbonyl (C=O) groups excluding carboxylic acids is 1. The summed E-state index contributed by atoms with van der Waals surface area (Å²) in [5.74, 6) is 0.124. The Morgan fingerprint density at radius 2 is 1.86 bits per heavy atom. The summed E-state index contributed by atoms with van der Waals surface area (Å²) in [7, 11) is 1.62. The fourth-order valence-electron chi connectivity index (χ4n) is 4.84. The van der Waals surface area contributed by atoms with Crippen LogP contribution in [0.25, 0.3) is 0 Å². The maximum Gasteiger partial charge on any atom is 0.223 e. The SMILES string of the molecule is COCCCOc1cc(C[C@@H](C[C@H](N)[C@@H](O)C[C@H](C(=O)NC2CCOCC2)C(C)C)C(C)C)ccc1F. The van der Waals surface area contributed by atoms with Gasteiger partial charge in [-0.05, 0) is 67.6 Å². The molecule has 0 aliphatic carbocycles. The molecule has 0 saturated carbocycles. The average molecular weight is 525 g/mol. The zero-order valence-corrected chi connectivity index (χ0v) is 23.4. The average Bonchev–Trinajstić information content (AvgIpc) is 2.86. The number of hydrogen-bond acceptors (Lipinski definition) is 6. The van der Waals surface area contributed by atoms with Gasteiger partial charge in [-0.25, -0.2) is 4.39 Å². The Labute approximate surface area is 222 Å². The number of benzene rings is 1. The lowest BCUT2D eigenvalue weighted by Gasteiger charge is -2.31. The number of carbonyl (C=O) groups is 1. The standard InChI is InChI=1S/C29H49FN2O5/c1-19(2)22(15-21-7-8-25(30)28(16-21)37-12-6-11-35-5)17-26(31)27(33)18-24(20(3)4)29(34)32-23-9-13-36-14-10-23/h7-8,16,19-20,22-24,26-27,33H,6,9-15,17-18,31H2,1-5H3,(H,32,34)/t22-,24-,26-,27-/m0/s1. The molecule has 1 saturated heterocycles. The largest absolute Gasteiger partial charge is 0.490 e. The van der Waals surface area contributed by atoms with E-state index in [1.54, 1.807) is 19.2 Å². The monoisotopic (exact) mass is 524 g/mol. The van der Waals surface area contributed by atoms with Gasteiger partial charge >= 0.3 is 0 Å². The summed E-state index contributed by atoms with van der Waals surface area (Å²) >= 11 is 0. The Morgan fingerprint density at radius 1 is 1.16 bits per heavy atom. The maximum atomic E-state index is 14.2. The molecule has 37 heavy (non-hydrogen) atoms. The van der Waals surface area contributed by atoms with E-state index in [-0.39, 0.29) is 41.3 Å². The molecule has 1 amide bonds. The van der Waals surface area contributed by atoms with Gasteiger partial charge in [-0.2, -0.15) is 0 Å². The number of amides is 1. The summed E-state index contributed by atoms with van der Waals surface area (Å²) in [5.41, 5.74) is 7.47. The third-order valence-corrected chi connectivity index (χ3v) is 7.46. The summed E-state index contributed by atoms with van der Waals surface area (Å²) in [6.07, 6.45) is 3.16. The van der Waals surface area contributed by atoms with Gasteiger partial charge in [0.05, 0.1) is 12.7 Å². The fourth-order valence-corrected chi connectivity index (χ4v) is 4.84. The molecule has 0 radical (unpaired) electrons. The zero-order chi connectivity index (χ0) is 27.4. The van der Waals surface area contributed by atoms with Gasteiger partial charge in [0.25, 0.3) is 0 Å². The van der Waals surface area contributed by atoms with Gasteiger partial charge in [0.15, 0.2) is 11.6 Å². The Bertz CT molecular complexity index is 801. The van der Waals surface area contributed by atoms with Crippen molar-refractivity contribution in [2.24, 2.45) is 29.4 Å². The van der Waals surface area contributed by atoms with Crippen molar-refractivity contribution >= 4 is 5.91 Å². The molecule has 4 N–H and O–H groups in total. The normalized spacial score (nSPS) is 18.0. The van der Waals surface area contributed by atoms with Crippen LogP contribution in [0.2, 0.25) is 0 Å². The molecule has 212 valence electrons. The first-order valence-corrected chi connectivity index (χ1v) is 13.8. The van der Waals surface area contributed by atoms with Crippen LogP contribution in [0, 0.1) is 29.5 Å². The van der Waals surface area contributed by atoms with Crippen LogP contribution in [-0.4, -0.2) is 62.7 Å². The fraction of sp³-hybridized carbons (Fsp3) is 0.759. The second kappa shape index (κ2) is 16.3. The van der Waals surface area contributed by atoms with Crippen molar-refractivity contribution in [1.29, 1.82) is 0 Å². The van der Waals surface area contributed by atoms with Gasteiger partial charge in [0.2, 0.25) is 5.91 Å². The number of hydrogen-bond donors (Lipinski definition) is 3. The molecule has 7 nitrogen and oxygen atoms in total. The quantitative estimate of drug-likeness (QED) is 0.282. The lowest BCUT2D eigenvalue weighted by atomic mass is 9.80. The second-order valence-electron chi connectivity index (χ2n) is 11.1. The van der Waals surface area contributed by atoms with Crippen molar-refractivity contribution < 1.29 is 28.5 Å². The minimum atomic E-state index is -0.790. The molecular formula is C29H49FN2O5. The lowest BCUT2D eigenvalue weighted by molar-refractivity contribution is -0.129. The highest BCUT2D eigenvalue weighted by Crippen LogP contribution is 2.28. The molecule has 0 spiro atoms. The van der Waals surface area contributed by atoms with Gasteiger partial charge in [0, 0.05) is 51.4 Å². The highest BCUT2D eigenvalue weighted by atomic mass is 19.1. The van der Waals surface area contributed by atoms with E-state index in [4.69, 9.17) is 19.9 Å². The van der Waals surface area contributed by atoms with Crippen LogP contribution < -0.4 is 15.8 Å². The van der Waals surface area contributed by atoms with Crippen LogP contribution in [0.1, 0.15) is 65.4 Å². The Morgan fingerprint density at radius 3 is 2.49 bits per heavy atom. The summed E-state index contributed by atoms with van der Waals surface area (Å²) < 4.78 is 30.3. The summed E-state index contributed by atoms with van der Waals surface area (Å²) in [6.45, 7) is 10.6. The lowest BCUT2D eigenvalue weighted by Crippen LogP contribution is -2.46. The van der Waals surface area contributed by atoms with E-state index in [9.17, 15) is 14.3 Å². The van der Waals surface area contributed by atoms with Crippen molar-refractivity contribution in [2.45, 2.75) is 84.4 Å². The molecular weight excluding hydrogens is 475 g/mol. The molecule has 8 heteroatoms. The summed E-state index contributed by atoms with van der Waals surface area (Å²) in [4.78, 5) is 13.0. The van der Waals surface area contributed by atoms with Gasteiger partial charge in [-0.1, -0.05) is 33.8 Å².